The first-order chi connectivity index (χ1) is 9.99. The zero-order valence-corrected chi connectivity index (χ0v) is 11.4. The van der Waals surface area contributed by atoms with Gasteiger partial charge in [0.15, 0.2) is 0 Å². The van der Waals surface area contributed by atoms with Gasteiger partial charge in [0.05, 0.1) is 11.4 Å². The molecule has 2 aromatic rings. The topological polar surface area (TPSA) is 67.2 Å². The minimum absolute atomic E-state index is 0.215. The van der Waals surface area contributed by atoms with E-state index >= 15 is 0 Å². The summed E-state index contributed by atoms with van der Waals surface area (Å²) in [6, 6.07) is 7.73. The quantitative estimate of drug-likeness (QED) is 0.758. The number of carbonyl (C=O) groups excluding carboxylic acids is 1. The van der Waals surface area contributed by atoms with Crippen LogP contribution in [0.1, 0.15) is 17.3 Å². The van der Waals surface area contributed by atoms with Crippen LogP contribution >= 0.6 is 0 Å². The first-order valence-corrected chi connectivity index (χ1v) is 6.40. The van der Waals surface area contributed by atoms with Gasteiger partial charge in [0, 0.05) is 23.9 Å². The molecule has 0 spiro atoms. The number of hydrogen-bond acceptors (Lipinski definition) is 3. The number of rotatable bonds is 4. The lowest BCUT2D eigenvalue weighted by Gasteiger charge is -2.11. The van der Waals surface area contributed by atoms with E-state index in [-0.39, 0.29) is 11.6 Å². The molecule has 0 unspecified atom stereocenters. The van der Waals surface area contributed by atoms with E-state index in [9.17, 15) is 13.6 Å². The van der Waals surface area contributed by atoms with Crippen LogP contribution in [0.2, 0.25) is 0 Å². The minimum Gasteiger partial charge on any atom is -0.397 e. The third-order valence-electron chi connectivity index (χ3n) is 2.79. The number of nitrogens with one attached hydrogen (secondary N) is 2. The largest absolute Gasteiger partial charge is 0.397 e. The van der Waals surface area contributed by atoms with E-state index in [2.05, 4.69) is 10.6 Å². The molecular weight excluding hydrogens is 276 g/mol. The fraction of sp³-hybridized carbons (Fsp3) is 0.133. The maximum atomic E-state index is 13.2. The monoisotopic (exact) mass is 291 g/mol. The highest BCUT2D eigenvalue weighted by atomic mass is 19.1. The number of amides is 1. The fourth-order valence-corrected chi connectivity index (χ4v) is 1.85. The Morgan fingerprint density at radius 1 is 1.14 bits per heavy atom. The van der Waals surface area contributed by atoms with E-state index in [0.29, 0.717) is 23.5 Å². The second kappa shape index (κ2) is 6.21. The summed E-state index contributed by atoms with van der Waals surface area (Å²) in [5.41, 5.74) is 7.20. The van der Waals surface area contributed by atoms with Gasteiger partial charge < -0.3 is 16.4 Å². The van der Waals surface area contributed by atoms with Gasteiger partial charge in [-0.3, -0.25) is 4.79 Å². The standard InChI is InChI=1S/C15H15F2N3O/c1-2-19-15(21)9-3-4-13(18)14(5-9)20-12-7-10(16)6-11(17)8-12/h3-8,20H,2,18H2,1H3,(H,19,21). The van der Waals surface area contributed by atoms with Crippen LogP contribution in [-0.4, -0.2) is 12.5 Å². The molecule has 2 aromatic carbocycles. The van der Waals surface area contributed by atoms with E-state index in [1.165, 1.54) is 6.07 Å². The van der Waals surface area contributed by atoms with E-state index < -0.39 is 11.6 Å². The van der Waals surface area contributed by atoms with Crippen LogP contribution in [0.5, 0.6) is 0 Å². The van der Waals surface area contributed by atoms with Crippen LogP contribution < -0.4 is 16.4 Å². The highest BCUT2D eigenvalue weighted by Crippen LogP contribution is 2.25. The molecule has 4 N–H and O–H groups in total. The van der Waals surface area contributed by atoms with E-state index in [1.54, 1.807) is 12.1 Å². The van der Waals surface area contributed by atoms with Crippen molar-refractivity contribution in [1.82, 2.24) is 5.32 Å². The van der Waals surface area contributed by atoms with Gasteiger partial charge in [-0.15, -0.1) is 0 Å². The summed E-state index contributed by atoms with van der Waals surface area (Å²) in [4.78, 5) is 11.8. The third kappa shape index (κ3) is 3.68. The van der Waals surface area contributed by atoms with Crippen LogP contribution in [0.25, 0.3) is 0 Å². The average Bonchev–Trinajstić information content (AvgIpc) is 2.40. The summed E-state index contributed by atoms with van der Waals surface area (Å²) >= 11 is 0. The predicted molar refractivity (Wildman–Crippen MR) is 78.5 cm³/mol. The van der Waals surface area contributed by atoms with Crippen molar-refractivity contribution in [3.8, 4) is 0 Å². The molecule has 0 aliphatic carbocycles. The van der Waals surface area contributed by atoms with Gasteiger partial charge in [0.2, 0.25) is 0 Å². The van der Waals surface area contributed by atoms with Gasteiger partial charge in [0.25, 0.3) is 5.91 Å². The highest BCUT2D eigenvalue weighted by Gasteiger charge is 2.09. The van der Waals surface area contributed by atoms with E-state index in [1.807, 2.05) is 6.92 Å². The summed E-state index contributed by atoms with van der Waals surface area (Å²) in [6.07, 6.45) is 0. The van der Waals surface area contributed by atoms with Crippen LogP contribution in [0.15, 0.2) is 36.4 Å². The zero-order chi connectivity index (χ0) is 15.4. The van der Waals surface area contributed by atoms with Gasteiger partial charge in [-0.1, -0.05) is 0 Å². The van der Waals surface area contributed by atoms with Crippen molar-refractivity contribution >= 4 is 23.0 Å². The lowest BCUT2D eigenvalue weighted by atomic mass is 10.1. The van der Waals surface area contributed by atoms with E-state index in [4.69, 9.17) is 5.73 Å². The Labute approximate surface area is 121 Å². The Hall–Kier alpha value is -2.63. The lowest BCUT2D eigenvalue weighted by molar-refractivity contribution is 0.0956. The first-order valence-electron chi connectivity index (χ1n) is 6.40. The van der Waals surface area contributed by atoms with Crippen molar-refractivity contribution in [3.05, 3.63) is 53.6 Å². The van der Waals surface area contributed by atoms with Crippen molar-refractivity contribution in [2.75, 3.05) is 17.6 Å². The molecule has 110 valence electrons. The lowest BCUT2D eigenvalue weighted by Crippen LogP contribution is -2.22. The number of nitrogens with two attached hydrogens (primary N) is 1. The normalized spacial score (nSPS) is 10.2. The molecule has 0 heterocycles. The molecule has 0 saturated carbocycles. The second-order valence-electron chi connectivity index (χ2n) is 4.44. The molecule has 1 amide bonds. The number of hydrogen-bond donors (Lipinski definition) is 3. The molecule has 0 bridgehead atoms. The van der Waals surface area contributed by atoms with Gasteiger partial charge in [-0.25, -0.2) is 8.78 Å². The van der Waals surface area contributed by atoms with Gasteiger partial charge in [0.1, 0.15) is 11.6 Å². The van der Waals surface area contributed by atoms with Crippen molar-refractivity contribution < 1.29 is 13.6 Å². The molecule has 0 aliphatic heterocycles. The van der Waals surface area contributed by atoms with Crippen molar-refractivity contribution in [3.63, 3.8) is 0 Å². The first kappa shape index (κ1) is 14.8. The molecule has 0 fully saturated rings. The Morgan fingerprint density at radius 3 is 2.43 bits per heavy atom. The average molecular weight is 291 g/mol. The third-order valence-corrected chi connectivity index (χ3v) is 2.79. The smallest absolute Gasteiger partial charge is 0.251 e. The molecule has 21 heavy (non-hydrogen) atoms. The molecule has 6 heteroatoms. The molecule has 0 saturated heterocycles. The Bertz CT molecular complexity index is 654. The molecule has 0 aromatic heterocycles. The Kier molecular flexibility index (Phi) is 4.37. The minimum atomic E-state index is -0.698. The van der Waals surface area contributed by atoms with Gasteiger partial charge >= 0.3 is 0 Å². The van der Waals surface area contributed by atoms with Crippen molar-refractivity contribution in [1.29, 1.82) is 0 Å². The second-order valence-corrected chi connectivity index (χ2v) is 4.44. The molecule has 0 radical (unpaired) electrons. The summed E-state index contributed by atoms with van der Waals surface area (Å²) in [7, 11) is 0. The fourth-order valence-electron chi connectivity index (χ4n) is 1.85. The van der Waals surface area contributed by atoms with Gasteiger partial charge in [-0.05, 0) is 37.3 Å². The maximum Gasteiger partial charge on any atom is 0.251 e. The molecule has 0 aliphatic rings. The Balaban J connectivity index is 2.30. The highest BCUT2D eigenvalue weighted by molar-refractivity contribution is 5.96. The van der Waals surface area contributed by atoms with Crippen LogP contribution in [0, 0.1) is 11.6 Å². The summed E-state index contributed by atoms with van der Waals surface area (Å²) in [5.74, 6) is -1.64. The number of carbonyl (C=O) groups is 1. The maximum absolute atomic E-state index is 13.2. The van der Waals surface area contributed by atoms with E-state index in [0.717, 1.165) is 18.2 Å². The number of nitrogen functional groups attached to an aromatic ring is 1. The molecule has 0 atom stereocenters. The predicted octanol–water partition coefficient (Wildman–Crippen LogP) is 3.04. The molecular formula is C15H15F2N3O. The van der Waals surface area contributed by atoms with Crippen LogP contribution in [-0.2, 0) is 0 Å². The van der Waals surface area contributed by atoms with Gasteiger partial charge in [-0.2, -0.15) is 0 Å². The van der Waals surface area contributed by atoms with Crippen molar-refractivity contribution in [2.24, 2.45) is 0 Å². The van der Waals surface area contributed by atoms with Crippen LogP contribution in [0.4, 0.5) is 25.8 Å². The SMILES string of the molecule is CCNC(=O)c1ccc(N)c(Nc2cc(F)cc(F)c2)c1. The molecule has 2 rings (SSSR count). The molecule has 4 nitrogen and oxygen atoms in total. The number of anilines is 3. The number of halogens is 2. The zero-order valence-electron chi connectivity index (χ0n) is 11.4. The van der Waals surface area contributed by atoms with Crippen molar-refractivity contribution in [2.45, 2.75) is 6.92 Å². The summed E-state index contributed by atoms with van der Waals surface area (Å²) in [5, 5.41) is 5.47. The Morgan fingerprint density at radius 2 is 1.81 bits per heavy atom. The van der Waals surface area contributed by atoms with Crippen LogP contribution in [0.3, 0.4) is 0 Å². The summed E-state index contributed by atoms with van der Waals surface area (Å²) in [6.45, 7) is 2.31. The number of benzene rings is 2. The summed E-state index contributed by atoms with van der Waals surface area (Å²) < 4.78 is 26.3.